The van der Waals surface area contributed by atoms with Crippen molar-refractivity contribution >= 4 is 12.0 Å². The second-order valence-corrected chi connectivity index (χ2v) is 3.49. The second kappa shape index (κ2) is 4.56. The summed E-state index contributed by atoms with van der Waals surface area (Å²) in [5.74, 6) is -0.992. The van der Waals surface area contributed by atoms with E-state index in [1.54, 1.807) is 0 Å². The molecular weight excluding hydrogens is 220 g/mol. The Kier molecular flexibility index (Phi) is 2.95. The quantitative estimate of drug-likeness (QED) is 0.797. The van der Waals surface area contributed by atoms with Gasteiger partial charge in [-0.05, 0) is 35.6 Å². The van der Waals surface area contributed by atoms with Crippen LogP contribution in [0, 0.1) is 6.92 Å². The number of rotatable bonds is 3. The highest BCUT2D eigenvalue weighted by Gasteiger charge is 2.04. The van der Waals surface area contributed by atoms with Gasteiger partial charge in [0.15, 0.2) is 0 Å². The lowest BCUT2D eigenvalue weighted by Crippen LogP contribution is -1.99. The lowest BCUT2D eigenvalue weighted by molar-refractivity contribution is -0.131. The van der Waals surface area contributed by atoms with Crippen molar-refractivity contribution in [2.24, 2.45) is 0 Å². The van der Waals surface area contributed by atoms with Crippen LogP contribution < -0.4 is 0 Å². The molecule has 2 aromatic rings. The standard InChI is InChI=1S/C11H10N4O2/c1-8-2-4-10(15-7-12-13-14-15)9(6-8)3-5-11(16)17/h2-7H,1H3,(H,16,17)/b5-3+. The van der Waals surface area contributed by atoms with E-state index < -0.39 is 5.97 Å². The molecule has 0 fully saturated rings. The van der Waals surface area contributed by atoms with Gasteiger partial charge in [-0.25, -0.2) is 4.79 Å². The summed E-state index contributed by atoms with van der Waals surface area (Å²) in [6.07, 6.45) is 4.07. The Morgan fingerprint density at radius 2 is 2.29 bits per heavy atom. The Balaban J connectivity index is 2.48. The van der Waals surface area contributed by atoms with E-state index in [9.17, 15) is 4.79 Å². The highest BCUT2D eigenvalue weighted by atomic mass is 16.4. The predicted molar refractivity (Wildman–Crippen MR) is 60.6 cm³/mol. The maximum Gasteiger partial charge on any atom is 0.328 e. The van der Waals surface area contributed by atoms with Crippen LogP contribution in [0.2, 0.25) is 0 Å². The number of nitrogens with zero attached hydrogens (tertiary/aromatic N) is 4. The minimum Gasteiger partial charge on any atom is -0.478 e. The van der Waals surface area contributed by atoms with Crippen molar-refractivity contribution in [1.29, 1.82) is 0 Å². The van der Waals surface area contributed by atoms with Crippen LogP contribution in [-0.2, 0) is 4.79 Å². The predicted octanol–water partition coefficient (Wildman–Crippen LogP) is 1.07. The fourth-order valence-electron chi connectivity index (χ4n) is 1.45. The van der Waals surface area contributed by atoms with Crippen molar-refractivity contribution < 1.29 is 9.90 Å². The average Bonchev–Trinajstić information content (AvgIpc) is 2.80. The fraction of sp³-hybridized carbons (Fsp3) is 0.0909. The summed E-state index contributed by atoms with van der Waals surface area (Å²) in [4.78, 5) is 10.5. The molecule has 1 aromatic heterocycles. The van der Waals surface area contributed by atoms with Crippen molar-refractivity contribution in [3.8, 4) is 5.69 Å². The van der Waals surface area contributed by atoms with Gasteiger partial charge in [-0.1, -0.05) is 11.6 Å². The van der Waals surface area contributed by atoms with Crippen molar-refractivity contribution in [2.45, 2.75) is 6.92 Å². The van der Waals surface area contributed by atoms with Gasteiger partial charge in [0.2, 0.25) is 0 Å². The van der Waals surface area contributed by atoms with E-state index in [-0.39, 0.29) is 0 Å². The Labute approximate surface area is 97.2 Å². The number of aryl methyl sites for hydroxylation is 1. The summed E-state index contributed by atoms with van der Waals surface area (Å²) in [5.41, 5.74) is 2.52. The van der Waals surface area contributed by atoms with Crippen LogP contribution in [0.3, 0.4) is 0 Å². The zero-order chi connectivity index (χ0) is 12.3. The molecule has 0 atom stereocenters. The third-order valence-electron chi connectivity index (χ3n) is 2.18. The number of carboxylic acids is 1. The van der Waals surface area contributed by atoms with Gasteiger partial charge in [0.1, 0.15) is 6.33 Å². The molecule has 1 N–H and O–H groups in total. The number of hydrogen-bond acceptors (Lipinski definition) is 4. The Bertz CT molecular complexity index is 561. The van der Waals surface area contributed by atoms with Crippen LogP contribution in [-0.4, -0.2) is 31.3 Å². The van der Waals surface area contributed by atoms with Gasteiger partial charge in [-0.15, -0.1) is 5.10 Å². The van der Waals surface area contributed by atoms with Crippen LogP contribution in [0.5, 0.6) is 0 Å². The van der Waals surface area contributed by atoms with Gasteiger partial charge >= 0.3 is 5.97 Å². The van der Waals surface area contributed by atoms with Crippen molar-refractivity contribution in [3.05, 3.63) is 41.7 Å². The van der Waals surface area contributed by atoms with E-state index in [2.05, 4.69) is 15.5 Å². The van der Waals surface area contributed by atoms with Crippen molar-refractivity contribution in [2.75, 3.05) is 0 Å². The highest BCUT2D eigenvalue weighted by Crippen LogP contribution is 2.16. The van der Waals surface area contributed by atoms with Gasteiger partial charge < -0.3 is 5.11 Å². The molecule has 0 bridgehead atoms. The number of hydrogen-bond donors (Lipinski definition) is 1. The summed E-state index contributed by atoms with van der Waals surface area (Å²) in [7, 11) is 0. The summed E-state index contributed by atoms with van der Waals surface area (Å²) in [6, 6.07) is 5.62. The van der Waals surface area contributed by atoms with E-state index in [1.165, 1.54) is 17.1 Å². The van der Waals surface area contributed by atoms with Crippen LogP contribution in [0.25, 0.3) is 11.8 Å². The van der Waals surface area contributed by atoms with Gasteiger partial charge in [-0.2, -0.15) is 4.68 Å². The monoisotopic (exact) mass is 230 g/mol. The molecule has 86 valence electrons. The summed E-state index contributed by atoms with van der Waals surface area (Å²) in [5, 5.41) is 19.5. The lowest BCUT2D eigenvalue weighted by Gasteiger charge is -2.05. The Morgan fingerprint density at radius 1 is 1.47 bits per heavy atom. The molecule has 0 amide bonds. The summed E-state index contributed by atoms with van der Waals surface area (Å²) >= 11 is 0. The molecule has 17 heavy (non-hydrogen) atoms. The Morgan fingerprint density at radius 3 is 2.94 bits per heavy atom. The highest BCUT2D eigenvalue weighted by molar-refractivity contribution is 5.86. The molecule has 0 saturated carbocycles. The largest absolute Gasteiger partial charge is 0.478 e. The zero-order valence-corrected chi connectivity index (χ0v) is 9.11. The van der Waals surface area contributed by atoms with Gasteiger partial charge in [0.25, 0.3) is 0 Å². The fourth-order valence-corrected chi connectivity index (χ4v) is 1.45. The summed E-state index contributed by atoms with van der Waals surface area (Å²) in [6.45, 7) is 1.93. The van der Waals surface area contributed by atoms with Crippen LogP contribution >= 0.6 is 0 Å². The van der Waals surface area contributed by atoms with Crippen LogP contribution in [0.15, 0.2) is 30.6 Å². The molecule has 0 saturated heterocycles. The zero-order valence-electron chi connectivity index (χ0n) is 9.11. The normalized spacial score (nSPS) is 10.9. The lowest BCUT2D eigenvalue weighted by atomic mass is 10.1. The first-order chi connectivity index (χ1) is 8.16. The molecule has 1 aromatic carbocycles. The van der Waals surface area contributed by atoms with Crippen molar-refractivity contribution in [1.82, 2.24) is 20.2 Å². The third kappa shape index (κ3) is 2.54. The Hall–Kier alpha value is -2.50. The molecule has 0 radical (unpaired) electrons. The van der Waals surface area contributed by atoms with Gasteiger partial charge in [-0.3, -0.25) is 0 Å². The number of carbonyl (C=O) groups is 1. The van der Waals surface area contributed by atoms with Crippen molar-refractivity contribution in [3.63, 3.8) is 0 Å². The number of carboxylic acid groups (broad SMARTS) is 1. The third-order valence-corrected chi connectivity index (χ3v) is 2.18. The molecule has 2 rings (SSSR count). The molecule has 6 heteroatoms. The van der Waals surface area contributed by atoms with E-state index in [4.69, 9.17) is 5.11 Å². The first-order valence-electron chi connectivity index (χ1n) is 4.92. The first-order valence-corrected chi connectivity index (χ1v) is 4.92. The topological polar surface area (TPSA) is 80.9 Å². The van der Waals surface area contributed by atoms with Gasteiger partial charge in [0, 0.05) is 11.6 Å². The molecular formula is C11H10N4O2. The van der Waals surface area contributed by atoms with Crippen LogP contribution in [0.4, 0.5) is 0 Å². The smallest absolute Gasteiger partial charge is 0.328 e. The van der Waals surface area contributed by atoms with E-state index in [0.29, 0.717) is 0 Å². The molecule has 0 aliphatic heterocycles. The molecule has 0 unspecified atom stereocenters. The number of benzene rings is 1. The molecule has 6 nitrogen and oxygen atoms in total. The van der Waals surface area contributed by atoms with Crippen LogP contribution in [0.1, 0.15) is 11.1 Å². The average molecular weight is 230 g/mol. The number of tetrazole rings is 1. The minimum absolute atomic E-state index is 0.734. The van der Waals surface area contributed by atoms with Gasteiger partial charge in [0.05, 0.1) is 5.69 Å². The molecule has 1 heterocycles. The van der Waals surface area contributed by atoms with E-state index in [0.717, 1.165) is 22.9 Å². The van der Waals surface area contributed by atoms with E-state index >= 15 is 0 Å². The number of aromatic nitrogens is 4. The maximum atomic E-state index is 10.5. The van der Waals surface area contributed by atoms with E-state index in [1.807, 2.05) is 25.1 Å². The molecule has 0 aliphatic carbocycles. The summed E-state index contributed by atoms with van der Waals surface area (Å²) < 4.78 is 1.49. The molecule has 0 spiro atoms. The number of aliphatic carboxylic acids is 1. The second-order valence-electron chi connectivity index (χ2n) is 3.49. The maximum absolute atomic E-state index is 10.5. The SMILES string of the molecule is Cc1ccc(-n2cnnn2)c(/C=C/C(=O)O)c1. The minimum atomic E-state index is -0.992. The first kappa shape index (κ1) is 11.0. The molecule has 0 aliphatic rings.